The van der Waals surface area contributed by atoms with E-state index in [2.05, 4.69) is 11.6 Å². The van der Waals surface area contributed by atoms with Crippen LogP contribution in [0.1, 0.15) is 18.2 Å². The Kier molecular flexibility index (Phi) is 2.82. The zero-order valence-corrected chi connectivity index (χ0v) is 6.90. The molecule has 3 nitrogen and oxygen atoms in total. The third-order valence-corrected chi connectivity index (χ3v) is 1.64. The Morgan fingerprint density at radius 1 is 1.67 bits per heavy atom. The Labute approximate surface area is 72.1 Å². The fourth-order valence-electron chi connectivity index (χ4n) is 1.03. The Balaban J connectivity index is 2.86. The van der Waals surface area contributed by atoms with Crippen LogP contribution in [0.15, 0.2) is 31.0 Å². The molecule has 0 saturated carbocycles. The molecule has 4 N–H and O–H groups in total. The molecule has 3 heteroatoms. The van der Waals surface area contributed by atoms with E-state index in [9.17, 15) is 0 Å². The normalized spacial score (nSPS) is 12.4. The lowest BCUT2D eigenvalue weighted by Gasteiger charge is -2.09. The first-order valence-corrected chi connectivity index (χ1v) is 3.82. The van der Waals surface area contributed by atoms with Crippen LogP contribution in [-0.4, -0.2) is 4.98 Å². The van der Waals surface area contributed by atoms with Crippen molar-refractivity contribution in [2.24, 2.45) is 5.73 Å². The summed E-state index contributed by atoms with van der Waals surface area (Å²) in [5, 5.41) is 0. The zero-order chi connectivity index (χ0) is 8.97. The summed E-state index contributed by atoms with van der Waals surface area (Å²) in [5.41, 5.74) is 12.9. The van der Waals surface area contributed by atoms with Gasteiger partial charge < -0.3 is 11.5 Å². The first-order valence-electron chi connectivity index (χ1n) is 3.82. The second kappa shape index (κ2) is 3.88. The van der Waals surface area contributed by atoms with Crippen LogP contribution >= 0.6 is 0 Å². The van der Waals surface area contributed by atoms with Gasteiger partial charge >= 0.3 is 0 Å². The number of hydrogen-bond acceptors (Lipinski definition) is 3. The predicted octanol–water partition coefficient (Wildman–Crippen LogP) is 1.24. The number of anilines is 1. The summed E-state index contributed by atoms with van der Waals surface area (Å²) < 4.78 is 0. The minimum atomic E-state index is -0.135. The van der Waals surface area contributed by atoms with Crippen LogP contribution in [0, 0.1) is 0 Å². The molecule has 1 heterocycles. The van der Waals surface area contributed by atoms with Gasteiger partial charge in [-0.25, -0.2) is 0 Å². The van der Waals surface area contributed by atoms with Gasteiger partial charge in [-0.1, -0.05) is 6.08 Å². The summed E-state index contributed by atoms with van der Waals surface area (Å²) in [6.07, 6.45) is 4.15. The van der Waals surface area contributed by atoms with Gasteiger partial charge in [-0.15, -0.1) is 6.58 Å². The quantitative estimate of drug-likeness (QED) is 0.659. The number of rotatable bonds is 3. The zero-order valence-electron chi connectivity index (χ0n) is 6.90. The first kappa shape index (κ1) is 8.74. The molecule has 12 heavy (non-hydrogen) atoms. The maximum atomic E-state index is 5.79. The van der Waals surface area contributed by atoms with E-state index in [1.807, 2.05) is 0 Å². The van der Waals surface area contributed by atoms with Crippen LogP contribution in [-0.2, 0) is 0 Å². The summed E-state index contributed by atoms with van der Waals surface area (Å²) in [5.74, 6) is 0. The molecule has 1 unspecified atom stereocenters. The number of hydrogen-bond donors (Lipinski definition) is 2. The van der Waals surface area contributed by atoms with Gasteiger partial charge in [0.05, 0.1) is 17.4 Å². The summed E-state index contributed by atoms with van der Waals surface area (Å²) in [6, 6.07) is 3.45. The van der Waals surface area contributed by atoms with Gasteiger partial charge in [0.2, 0.25) is 0 Å². The van der Waals surface area contributed by atoms with E-state index < -0.39 is 0 Å². The molecule has 0 fully saturated rings. The van der Waals surface area contributed by atoms with E-state index in [1.54, 1.807) is 24.4 Å². The molecule has 64 valence electrons. The molecule has 0 aromatic carbocycles. The summed E-state index contributed by atoms with van der Waals surface area (Å²) in [7, 11) is 0. The highest BCUT2D eigenvalue weighted by Crippen LogP contribution is 2.17. The largest absolute Gasteiger partial charge is 0.397 e. The summed E-state index contributed by atoms with van der Waals surface area (Å²) >= 11 is 0. The van der Waals surface area contributed by atoms with Gasteiger partial charge in [0, 0.05) is 6.20 Å². The molecular formula is C9H13N3. The van der Waals surface area contributed by atoms with Crippen LogP contribution in [0.5, 0.6) is 0 Å². The van der Waals surface area contributed by atoms with Gasteiger partial charge in [0.15, 0.2) is 0 Å². The van der Waals surface area contributed by atoms with Crippen molar-refractivity contribution in [3.63, 3.8) is 0 Å². The second-order valence-corrected chi connectivity index (χ2v) is 2.61. The van der Waals surface area contributed by atoms with E-state index in [-0.39, 0.29) is 6.04 Å². The van der Waals surface area contributed by atoms with E-state index in [1.165, 1.54) is 0 Å². The topological polar surface area (TPSA) is 64.9 Å². The Hall–Kier alpha value is -1.35. The number of nitrogens with two attached hydrogens (primary N) is 2. The molecule has 0 spiro atoms. The number of pyridine rings is 1. The molecule has 0 bridgehead atoms. The highest BCUT2D eigenvalue weighted by atomic mass is 14.8. The van der Waals surface area contributed by atoms with Crippen LogP contribution in [0.4, 0.5) is 5.69 Å². The van der Waals surface area contributed by atoms with E-state index in [4.69, 9.17) is 11.5 Å². The minimum Gasteiger partial charge on any atom is -0.397 e. The van der Waals surface area contributed by atoms with E-state index >= 15 is 0 Å². The molecule has 1 aromatic rings. The number of nitrogens with zero attached hydrogens (tertiary/aromatic N) is 1. The standard InChI is InChI=1S/C9H13N3/c1-2-4-7(10)9-8(11)5-3-6-12-9/h2-3,5-7H,1,4,10-11H2. The van der Waals surface area contributed by atoms with E-state index in [0.29, 0.717) is 12.1 Å². The van der Waals surface area contributed by atoms with Crippen molar-refractivity contribution in [2.45, 2.75) is 12.5 Å². The predicted molar refractivity (Wildman–Crippen MR) is 50.4 cm³/mol. The summed E-state index contributed by atoms with van der Waals surface area (Å²) in [4.78, 5) is 4.10. The third kappa shape index (κ3) is 1.83. The van der Waals surface area contributed by atoms with Crippen molar-refractivity contribution in [2.75, 3.05) is 5.73 Å². The van der Waals surface area contributed by atoms with Crippen molar-refractivity contribution in [3.05, 3.63) is 36.7 Å². The highest BCUT2D eigenvalue weighted by molar-refractivity contribution is 5.43. The van der Waals surface area contributed by atoms with Gasteiger partial charge in [-0.05, 0) is 18.6 Å². The lowest BCUT2D eigenvalue weighted by Crippen LogP contribution is -2.13. The van der Waals surface area contributed by atoms with Crippen molar-refractivity contribution >= 4 is 5.69 Å². The van der Waals surface area contributed by atoms with Crippen molar-refractivity contribution < 1.29 is 0 Å². The number of nitrogen functional groups attached to an aromatic ring is 1. The molecule has 0 aliphatic heterocycles. The molecular weight excluding hydrogens is 150 g/mol. The fraction of sp³-hybridized carbons (Fsp3) is 0.222. The van der Waals surface area contributed by atoms with Gasteiger partial charge in [0.1, 0.15) is 0 Å². The van der Waals surface area contributed by atoms with Crippen LogP contribution in [0.2, 0.25) is 0 Å². The summed E-state index contributed by atoms with van der Waals surface area (Å²) in [6.45, 7) is 3.61. The van der Waals surface area contributed by atoms with Crippen LogP contribution in [0.25, 0.3) is 0 Å². The van der Waals surface area contributed by atoms with Crippen LogP contribution in [0.3, 0.4) is 0 Å². The Bertz CT molecular complexity index is 270. The molecule has 0 amide bonds. The molecule has 0 aliphatic carbocycles. The van der Waals surface area contributed by atoms with Crippen LogP contribution < -0.4 is 11.5 Å². The second-order valence-electron chi connectivity index (χ2n) is 2.61. The van der Waals surface area contributed by atoms with Gasteiger partial charge in [-0.3, -0.25) is 4.98 Å². The lowest BCUT2D eigenvalue weighted by atomic mass is 10.1. The van der Waals surface area contributed by atoms with E-state index in [0.717, 1.165) is 5.69 Å². The molecule has 0 radical (unpaired) electrons. The lowest BCUT2D eigenvalue weighted by molar-refractivity contribution is 0.717. The molecule has 1 aromatic heterocycles. The Morgan fingerprint density at radius 3 is 3.00 bits per heavy atom. The fourth-order valence-corrected chi connectivity index (χ4v) is 1.03. The Morgan fingerprint density at radius 2 is 2.42 bits per heavy atom. The third-order valence-electron chi connectivity index (χ3n) is 1.64. The monoisotopic (exact) mass is 163 g/mol. The van der Waals surface area contributed by atoms with Crippen molar-refractivity contribution in [1.29, 1.82) is 0 Å². The molecule has 0 saturated heterocycles. The number of aromatic nitrogens is 1. The maximum absolute atomic E-state index is 5.79. The first-order chi connectivity index (χ1) is 5.75. The maximum Gasteiger partial charge on any atom is 0.0802 e. The van der Waals surface area contributed by atoms with Gasteiger partial charge in [-0.2, -0.15) is 0 Å². The van der Waals surface area contributed by atoms with Gasteiger partial charge in [0.25, 0.3) is 0 Å². The molecule has 1 atom stereocenters. The minimum absolute atomic E-state index is 0.135. The SMILES string of the molecule is C=CCC(N)c1ncccc1N. The van der Waals surface area contributed by atoms with Crippen molar-refractivity contribution in [3.8, 4) is 0 Å². The molecule has 1 rings (SSSR count). The highest BCUT2D eigenvalue weighted by Gasteiger charge is 2.07. The average Bonchev–Trinajstić information content (AvgIpc) is 2.05. The molecule has 0 aliphatic rings. The van der Waals surface area contributed by atoms with Crippen molar-refractivity contribution in [1.82, 2.24) is 4.98 Å². The average molecular weight is 163 g/mol. The smallest absolute Gasteiger partial charge is 0.0802 e.